The van der Waals surface area contributed by atoms with Gasteiger partial charge in [0.2, 0.25) is 0 Å². The summed E-state index contributed by atoms with van der Waals surface area (Å²) in [5, 5.41) is 12.8. The Morgan fingerprint density at radius 1 is 1.60 bits per heavy atom. The van der Waals surface area contributed by atoms with Gasteiger partial charge in [0.25, 0.3) is 0 Å². The molecule has 0 bridgehead atoms. The van der Waals surface area contributed by atoms with Crippen molar-refractivity contribution < 1.29 is 5.11 Å². The first kappa shape index (κ1) is 10.5. The van der Waals surface area contributed by atoms with E-state index in [-0.39, 0.29) is 6.10 Å². The van der Waals surface area contributed by atoms with Crippen LogP contribution in [-0.2, 0) is 6.54 Å². The standard InChI is InChI=1S/C11H17N3O/c15-11-7-13-4-5-14(9-11)8-10-2-1-3-12-6-10/h1-3,6,11,13,15H,4-5,7-9H2. The summed E-state index contributed by atoms with van der Waals surface area (Å²) in [5.41, 5.74) is 1.20. The first-order chi connectivity index (χ1) is 7.34. The maximum absolute atomic E-state index is 9.62. The fraction of sp³-hybridized carbons (Fsp3) is 0.545. The molecule has 1 fully saturated rings. The van der Waals surface area contributed by atoms with Gasteiger partial charge in [-0.25, -0.2) is 0 Å². The monoisotopic (exact) mass is 207 g/mol. The van der Waals surface area contributed by atoms with Crippen molar-refractivity contribution >= 4 is 0 Å². The zero-order chi connectivity index (χ0) is 10.5. The van der Waals surface area contributed by atoms with Gasteiger partial charge in [-0.15, -0.1) is 0 Å². The summed E-state index contributed by atoms with van der Waals surface area (Å²) in [6, 6.07) is 4.01. The van der Waals surface area contributed by atoms with Gasteiger partial charge in [-0.2, -0.15) is 0 Å². The molecule has 0 radical (unpaired) electrons. The smallest absolute Gasteiger partial charge is 0.0791 e. The van der Waals surface area contributed by atoms with Gasteiger partial charge in [-0.1, -0.05) is 6.07 Å². The highest BCUT2D eigenvalue weighted by Crippen LogP contribution is 2.04. The average Bonchev–Trinajstić information content (AvgIpc) is 2.44. The van der Waals surface area contributed by atoms with Crippen LogP contribution < -0.4 is 5.32 Å². The van der Waals surface area contributed by atoms with Crippen molar-refractivity contribution in [3.8, 4) is 0 Å². The quantitative estimate of drug-likeness (QED) is 0.708. The van der Waals surface area contributed by atoms with Crippen molar-refractivity contribution in [1.29, 1.82) is 0 Å². The lowest BCUT2D eigenvalue weighted by Crippen LogP contribution is -2.32. The summed E-state index contributed by atoms with van der Waals surface area (Å²) in [5.74, 6) is 0. The highest BCUT2D eigenvalue weighted by atomic mass is 16.3. The molecule has 15 heavy (non-hydrogen) atoms. The van der Waals surface area contributed by atoms with Crippen molar-refractivity contribution in [3.63, 3.8) is 0 Å². The molecular formula is C11H17N3O. The maximum atomic E-state index is 9.62. The fourth-order valence-corrected chi connectivity index (χ4v) is 1.85. The molecule has 4 heteroatoms. The Balaban J connectivity index is 1.93. The van der Waals surface area contributed by atoms with E-state index in [4.69, 9.17) is 0 Å². The van der Waals surface area contributed by atoms with Crippen LogP contribution in [0.25, 0.3) is 0 Å². The molecule has 2 N–H and O–H groups in total. The van der Waals surface area contributed by atoms with Gasteiger partial charge >= 0.3 is 0 Å². The van der Waals surface area contributed by atoms with E-state index in [1.165, 1.54) is 5.56 Å². The van der Waals surface area contributed by atoms with Crippen LogP contribution in [0, 0.1) is 0 Å². The Hall–Kier alpha value is -0.970. The Labute approximate surface area is 89.9 Å². The minimum absolute atomic E-state index is 0.260. The number of nitrogens with one attached hydrogen (secondary N) is 1. The number of aliphatic hydroxyl groups excluding tert-OH is 1. The molecule has 1 atom stereocenters. The van der Waals surface area contributed by atoms with Gasteiger partial charge in [0, 0.05) is 45.1 Å². The molecule has 1 aliphatic rings. The van der Waals surface area contributed by atoms with E-state index in [2.05, 4.69) is 21.3 Å². The molecule has 1 aromatic heterocycles. The molecule has 82 valence electrons. The average molecular weight is 207 g/mol. The molecule has 0 amide bonds. The predicted octanol–water partition coefficient (Wildman–Crippen LogP) is -0.152. The molecule has 2 rings (SSSR count). The van der Waals surface area contributed by atoms with Crippen LogP contribution >= 0.6 is 0 Å². The van der Waals surface area contributed by atoms with Gasteiger partial charge in [0.15, 0.2) is 0 Å². The van der Waals surface area contributed by atoms with E-state index in [0.29, 0.717) is 6.54 Å². The van der Waals surface area contributed by atoms with E-state index in [0.717, 1.165) is 26.2 Å². The molecule has 1 unspecified atom stereocenters. The minimum Gasteiger partial charge on any atom is -0.390 e. The zero-order valence-corrected chi connectivity index (χ0v) is 8.76. The summed E-state index contributed by atoms with van der Waals surface area (Å²) in [6.45, 7) is 4.22. The largest absolute Gasteiger partial charge is 0.390 e. The highest BCUT2D eigenvalue weighted by Gasteiger charge is 2.15. The first-order valence-corrected chi connectivity index (χ1v) is 5.34. The fourth-order valence-electron chi connectivity index (χ4n) is 1.85. The van der Waals surface area contributed by atoms with Gasteiger partial charge < -0.3 is 10.4 Å². The molecule has 1 aromatic rings. The van der Waals surface area contributed by atoms with Crippen molar-refractivity contribution in [2.75, 3.05) is 26.2 Å². The Bertz CT molecular complexity index is 291. The van der Waals surface area contributed by atoms with Gasteiger partial charge in [0.05, 0.1) is 6.10 Å². The number of rotatable bonds is 2. The summed E-state index contributed by atoms with van der Waals surface area (Å²) in [7, 11) is 0. The second-order valence-electron chi connectivity index (χ2n) is 3.95. The Morgan fingerprint density at radius 3 is 3.33 bits per heavy atom. The van der Waals surface area contributed by atoms with Crippen molar-refractivity contribution in [3.05, 3.63) is 30.1 Å². The molecule has 1 saturated heterocycles. The second kappa shape index (κ2) is 5.21. The van der Waals surface area contributed by atoms with Crippen LogP contribution in [0.5, 0.6) is 0 Å². The van der Waals surface area contributed by atoms with Crippen LogP contribution in [0.4, 0.5) is 0 Å². The summed E-state index contributed by atoms with van der Waals surface area (Å²) < 4.78 is 0. The summed E-state index contributed by atoms with van der Waals surface area (Å²) in [6.07, 6.45) is 3.40. The first-order valence-electron chi connectivity index (χ1n) is 5.34. The van der Waals surface area contributed by atoms with Crippen LogP contribution in [0.2, 0.25) is 0 Å². The Morgan fingerprint density at radius 2 is 2.53 bits per heavy atom. The number of pyridine rings is 1. The normalized spacial score (nSPS) is 23.7. The molecule has 0 saturated carbocycles. The molecular weight excluding hydrogens is 190 g/mol. The summed E-state index contributed by atoms with van der Waals surface area (Å²) >= 11 is 0. The zero-order valence-electron chi connectivity index (χ0n) is 8.76. The van der Waals surface area contributed by atoms with E-state index in [1.54, 1.807) is 6.20 Å². The van der Waals surface area contributed by atoms with Crippen LogP contribution in [0.1, 0.15) is 5.56 Å². The van der Waals surface area contributed by atoms with Gasteiger partial charge in [-0.3, -0.25) is 9.88 Å². The maximum Gasteiger partial charge on any atom is 0.0791 e. The van der Waals surface area contributed by atoms with Crippen molar-refractivity contribution in [2.45, 2.75) is 12.6 Å². The number of aromatic nitrogens is 1. The third kappa shape index (κ3) is 3.27. The molecule has 0 spiro atoms. The molecule has 0 aliphatic carbocycles. The lowest BCUT2D eigenvalue weighted by atomic mass is 10.2. The van der Waals surface area contributed by atoms with Gasteiger partial charge in [-0.05, 0) is 11.6 Å². The molecule has 2 heterocycles. The van der Waals surface area contributed by atoms with E-state index < -0.39 is 0 Å². The number of β-amino-alcohol motifs (C(OH)–C–C–N with tert-alkyl or cyclic N) is 1. The van der Waals surface area contributed by atoms with Crippen LogP contribution in [-0.4, -0.2) is 47.3 Å². The molecule has 4 nitrogen and oxygen atoms in total. The van der Waals surface area contributed by atoms with Crippen molar-refractivity contribution in [1.82, 2.24) is 15.2 Å². The van der Waals surface area contributed by atoms with Crippen LogP contribution in [0.15, 0.2) is 24.5 Å². The van der Waals surface area contributed by atoms with Gasteiger partial charge in [0.1, 0.15) is 0 Å². The number of nitrogens with zero attached hydrogens (tertiary/aromatic N) is 2. The van der Waals surface area contributed by atoms with Crippen LogP contribution in [0.3, 0.4) is 0 Å². The Kier molecular flexibility index (Phi) is 3.66. The van der Waals surface area contributed by atoms with Crippen molar-refractivity contribution in [2.24, 2.45) is 0 Å². The second-order valence-corrected chi connectivity index (χ2v) is 3.95. The van der Waals surface area contributed by atoms with E-state index in [1.807, 2.05) is 12.3 Å². The third-order valence-electron chi connectivity index (χ3n) is 2.58. The predicted molar refractivity (Wildman–Crippen MR) is 58.4 cm³/mol. The third-order valence-corrected chi connectivity index (χ3v) is 2.58. The number of hydrogen-bond donors (Lipinski definition) is 2. The number of aliphatic hydroxyl groups is 1. The lowest BCUT2D eigenvalue weighted by molar-refractivity contribution is 0.127. The van der Waals surface area contributed by atoms with E-state index >= 15 is 0 Å². The summed E-state index contributed by atoms with van der Waals surface area (Å²) in [4.78, 5) is 6.34. The molecule has 0 aromatic carbocycles. The SMILES string of the molecule is OC1CNCCN(Cc2cccnc2)C1. The topological polar surface area (TPSA) is 48.4 Å². The highest BCUT2D eigenvalue weighted by molar-refractivity contribution is 5.08. The number of hydrogen-bond acceptors (Lipinski definition) is 4. The minimum atomic E-state index is -0.260. The van der Waals surface area contributed by atoms with E-state index in [9.17, 15) is 5.11 Å². The lowest BCUT2D eigenvalue weighted by Gasteiger charge is -2.20. The molecule has 1 aliphatic heterocycles.